The summed E-state index contributed by atoms with van der Waals surface area (Å²) in [4.78, 5) is 4.49. The molecule has 7 heteroatoms. The molecule has 0 spiro atoms. The number of anilines is 1. The van der Waals surface area contributed by atoms with E-state index in [4.69, 9.17) is 11.5 Å². The number of pyridine rings is 1. The van der Waals surface area contributed by atoms with Gasteiger partial charge in [-0.25, -0.2) is 4.98 Å². The van der Waals surface area contributed by atoms with E-state index in [1.807, 2.05) is 12.1 Å². The summed E-state index contributed by atoms with van der Waals surface area (Å²) in [5.41, 5.74) is 17.2. The molecule has 4 unspecified atom stereocenters. The molecule has 0 saturated heterocycles. The fourth-order valence-corrected chi connectivity index (χ4v) is 6.74. The highest BCUT2D eigenvalue weighted by Crippen LogP contribution is 2.53. The third kappa shape index (κ3) is 9.04. The van der Waals surface area contributed by atoms with E-state index in [0.717, 1.165) is 42.5 Å². The molecule has 1 aromatic rings. The molecule has 228 valence electrons. The van der Waals surface area contributed by atoms with Crippen molar-refractivity contribution in [3.8, 4) is 0 Å². The standard InChI is InChI=1S/C33H58N4O3/c1-31(2,3)25(14-11-21-10-13-24(19-39)36-29(21)34)28(33(7,8)9)26(32(4,5)6)15-12-22-18-23(16-17-38)30(35)37-27(22)20-40/h10,13,18,25-26,28-29,36,38-40H,11-12,14-17,19-20,34H2,1-9H3,(H2,35,37). The topological polar surface area (TPSA) is 138 Å². The first-order valence-electron chi connectivity index (χ1n) is 15.0. The summed E-state index contributed by atoms with van der Waals surface area (Å²) in [5, 5.41) is 32.3. The minimum atomic E-state index is -0.276. The molecule has 0 bridgehead atoms. The van der Waals surface area contributed by atoms with Gasteiger partial charge in [0.05, 0.1) is 25.1 Å². The van der Waals surface area contributed by atoms with Crippen LogP contribution in [0.3, 0.4) is 0 Å². The van der Waals surface area contributed by atoms with Crippen LogP contribution in [0.2, 0.25) is 0 Å². The number of nitrogens with zero attached hydrogens (tertiary/aromatic N) is 1. The Balaban J connectivity index is 2.46. The molecule has 4 atom stereocenters. The Bertz CT molecular complexity index is 1030. The van der Waals surface area contributed by atoms with Gasteiger partial charge in [-0.05, 0) is 88.9 Å². The number of aliphatic hydroxyl groups excluding tert-OH is 3. The van der Waals surface area contributed by atoms with E-state index in [-0.39, 0.29) is 42.2 Å². The lowest BCUT2D eigenvalue weighted by atomic mass is 9.53. The molecule has 2 heterocycles. The number of hydrogen-bond donors (Lipinski definition) is 6. The van der Waals surface area contributed by atoms with Crippen LogP contribution in [0.25, 0.3) is 0 Å². The van der Waals surface area contributed by atoms with Gasteiger partial charge in [0.25, 0.3) is 0 Å². The third-order valence-electron chi connectivity index (χ3n) is 8.80. The summed E-state index contributed by atoms with van der Waals surface area (Å²) in [6, 6.07) is 2.04. The Morgan fingerprint density at radius 1 is 0.800 bits per heavy atom. The van der Waals surface area contributed by atoms with E-state index in [0.29, 0.717) is 35.7 Å². The van der Waals surface area contributed by atoms with Crippen molar-refractivity contribution in [2.45, 2.75) is 107 Å². The minimum Gasteiger partial charge on any atom is -0.396 e. The highest BCUT2D eigenvalue weighted by Gasteiger charge is 2.46. The first-order chi connectivity index (χ1) is 18.4. The average Bonchev–Trinajstić information content (AvgIpc) is 2.83. The van der Waals surface area contributed by atoms with Crippen LogP contribution in [0.1, 0.15) is 98.4 Å². The van der Waals surface area contributed by atoms with E-state index in [1.165, 1.54) is 5.57 Å². The lowest BCUT2D eigenvalue weighted by molar-refractivity contribution is -0.0259. The number of allylic oxidation sites excluding steroid dienone is 2. The van der Waals surface area contributed by atoms with E-state index in [1.54, 1.807) is 0 Å². The molecule has 0 radical (unpaired) electrons. The first-order valence-corrected chi connectivity index (χ1v) is 15.0. The van der Waals surface area contributed by atoms with Gasteiger partial charge in [-0.3, -0.25) is 0 Å². The zero-order chi connectivity index (χ0) is 30.5. The molecular formula is C33H58N4O3. The van der Waals surface area contributed by atoms with Crippen molar-refractivity contribution < 1.29 is 15.3 Å². The van der Waals surface area contributed by atoms with Gasteiger partial charge in [-0.15, -0.1) is 0 Å². The van der Waals surface area contributed by atoms with E-state index < -0.39 is 0 Å². The molecule has 1 aliphatic heterocycles. The lowest BCUT2D eigenvalue weighted by Crippen LogP contribution is -2.45. The summed E-state index contributed by atoms with van der Waals surface area (Å²) in [7, 11) is 0. The molecule has 0 aliphatic carbocycles. The molecule has 40 heavy (non-hydrogen) atoms. The number of nitrogens with one attached hydrogen (secondary N) is 1. The normalized spacial score (nSPS) is 19.0. The van der Waals surface area contributed by atoms with Crippen molar-refractivity contribution in [2.75, 3.05) is 18.9 Å². The number of aryl methyl sites for hydroxylation is 1. The van der Waals surface area contributed by atoms with Crippen molar-refractivity contribution in [2.24, 2.45) is 39.7 Å². The fourth-order valence-electron chi connectivity index (χ4n) is 6.74. The van der Waals surface area contributed by atoms with Gasteiger partial charge >= 0.3 is 0 Å². The van der Waals surface area contributed by atoms with Crippen molar-refractivity contribution in [1.82, 2.24) is 10.3 Å². The molecule has 1 aromatic heterocycles. The summed E-state index contributed by atoms with van der Waals surface area (Å²) in [5.74, 6) is 1.64. The van der Waals surface area contributed by atoms with E-state index >= 15 is 0 Å². The summed E-state index contributed by atoms with van der Waals surface area (Å²) in [6.45, 7) is 21.1. The summed E-state index contributed by atoms with van der Waals surface area (Å²) in [6.07, 6.45) is 7.87. The Kier molecular flexibility index (Phi) is 11.8. The Morgan fingerprint density at radius 2 is 1.38 bits per heavy atom. The second-order valence-corrected chi connectivity index (χ2v) is 14.9. The quantitative estimate of drug-likeness (QED) is 0.210. The van der Waals surface area contributed by atoms with Crippen molar-refractivity contribution in [3.63, 3.8) is 0 Å². The average molecular weight is 559 g/mol. The molecule has 0 saturated carbocycles. The lowest BCUT2D eigenvalue weighted by Gasteiger charge is -2.52. The first kappa shape index (κ1) is 34.3. The maximum absolute atomic E-state index is 10.1. The van der Waals surface area contributed by atoms with E-state index in [9.17, 15) is 15.3 Å². The van der Waals surface area contributed by atoms with Crippen molar-refractivity contribution in [1.29, 1.82) is 0 Å². The molecule has 0 amide bonds. The Hall–Kier alpha value is -1.93. The molecule has 0 fully saturated rings. The van der Waals surface area contributed by atoms with Gasteiger partial charge in [0.15, 0.2) is 0 Å². The van der Waals surface area contributed by atoms with Gasteiger partial charge in [0.2, 0.25) is 0 Å². The monoisotopic (exact) mass is 558 g/mol. The van der Waals surface area contributed by atoms with Crippen molar-refractivity contribution in [3.05, 3.63) is 46.3 Å². The number of nitrogen functional groups attached to an aromatic ring is 1. The Morgan fingerprint density at radius 3 is 1.82 bits per heavy atom. The van der Waals surface area contributed by atoms with Crippen LogP contribution in [-0.2, 0) is 19.4 Å². The molecule has 0 aromatic carbocycles. The summed E-state index contributed by atoms with van der Waals surface area (Å²) >= 11 is 0. The highest BCUT2D eigenvalue weighted by atomic mass is 16.3. The predicted molar refractivity (Wildman–Crippen MR) is 166 cm³/mol. The molecule has 1 aliphatic rings. The van der Waals surface area contributed by atoms with Crippen LogP contribution >= 0.6 is 0 Å². The largest absolute Gasteiger partial charge is 0.396 e. The molecular weight excluding hydrogens is 500 g/mol. The van der Waals surface area contributed by atoms with E-state index in [2.05, 4.69) is 78.7 Å². The van der Waals surface area contributed by atoms with Crippen LogP contribution in [0.5, 0.6) is 0 Å². The van der Waals surface area contributed by atoms with Gasteiger partial charge < -0.3 is 32.1 Å². The maximum atomic E-state index is 10.1. The Labute approximate surface area is 243 Å². The van der Waals surface area contributed by atoms with Gasteiger partial charge in [0.1, 0.15) is 5.82 Å². The third-order valence-corrected chi connectivity index (χ3v) is 8.80. The number of aliphatic hydroxyl groups is 3. The van der Waals surface area contributed by atoms with Crippen LogP contribution in [0, 0.1) is 34.0 Å². The number of aromatic nitrogens is 1. The fraction of sp³-hybridized carbons (Fsp3) is 0.727. The zero-order valence-corrected chi connectivity index (χ0v) is 26.6. The SMILES string of the molecule is CC(C)(C)C(CCC1=CC=C(CO)NC1N)C(C(CCc1cc(CCO)c(N)nc1CO)C(C)(C)C)C(C)(C)C. The molecule has 8 N–H and O–H groups in total. The number of rotatable bonds is 12. The molecule has 7 nitrogen and oxygen atoms in total. The summed E-state index contributed by atoms with van der Waals surface area (Å²) < 4.78 is 0. The molecule has 2 rings (SSSR count). The van der Waals surface area contributed by atoms with Crippen LogP contribution < -0.4 is 16.8 Å². The van der Waals surface area contributed by atoms with Crippen LogP contribution in [0.15, 0.2) is 29.5 Å². The minimum absolute atomic E-state index is 0.0144. The second kappa shape index (κ2) is 13.8. The van der Waals surface area contributed by atoms with Crippen molar-refractivity contribution >= 4 is 5.82 Å². The maximum Gasteiger partial charge on any atom is 0.127 e. The predicted octanol–water partition coefficient (Wildman–Crippen LogP) is 5.08. The second-order valence-electron chi connectivity index (χ2n) is 14.9. The van der Waals surface area contributed by atoms with Gasteiger partial charge in [-0.1, -0.05) is 74.5 Å². The van der Waals surface area contributed by atoms with Gasteiger partial charge in [-0.2, -0.15) is 0 Å². The van der Waals surface area contributed by atoms with Crippen LogP contribution in [0.4, 0.5) is 5.82 Å². The van der Waals surface area contributed by atoms with Gasteiger partial charge in [0, 0.05) is 12.3 Å². The van der Waals surface area contributed by atoms with Crippen LogP contribution in [-0.4, -0.2) is 39.7 Å². The number of dihydropyridines is 1. The number of hydrogen-bond acceptors (Lipinski definition) is 7. The number of nitrogens with two attached hydrogens (primary N) is 2. The highest BCUT2D eigenvalue weighted by molar-refractivity contribution is 5.44. The zero-order valence-electron chi connectivity index (χ0n) is 26.6. The smallest absolute Gasteiger partial charge is 0.127 e.